The molecule has 0 amide bonds. The summed E-state index contributed by atoms with van der Waals surface area (Å²) in [5.74, 6) is -0.321. The van der Waals surface area contributed by atoms with Crippen LogP contribution in [0.25, 0.3) is 11.1 Å². The fourth-order valence-corrected chi connectivity index (χ4v) is 1.62. The monoisotopic (exact) mass is 269 g/mol. The summed E-state index contributed by atoms with van der Waals surface area (Å²) in [4.78, 5) is 0. The van der Waals surface area contributed by atoms with Gasteiger partial charge in [0, 0.05) is 11.3 Å². The molecular weight excluding hydrogens is 259 g/mol. The van der Waals surface area contributed by atoms with Crippen LogP contribution in [0.4, 0.5) is 18.9 Å². The number of hydrogen-bond acceptors (Lipinski definition) is 3. The number of phenols is 1. The average molecular weight is 269 g/mol. The number of rotatable bonds is 2. The highest BCUT2D eigenvalue weighted by molar-refractivity contribution is 5.73. The molecule has 0 spiro atoms. The molecule has 2 rings (SSSR count). The Morgan fingerprint density at radius 1 is 1.00 bits per heavy atom. The third-order valence-electron chi connectivity index (χ3n) is 2.42. The van der Waals surface area contributed by atoms with E-state index in [0.717, 1.165) is 0 Å². The molecule has 0 heterocycles. The minimum atomic E-state index is -4.72. The fourth-order valence-electron chi connectivity index (χ4n) is 1.62. The van der Waals surface area contributed by atoms with Gasteiger partial charge in [-0.1, -0.05) is 12.1 Å². The van der Waals surface area contributed by atoms with Crippen molar-refractivity contribution in [2.45, 2.75) is 6.36 Å². The summed E-state index contributed by atoms with van der Waals surface area (Å²) in [6.45, 7) is 0. The summed E-state index contributed by atoms with van der Waals surface area (Å²) in [5, 5.41) is 9.68. The van der Waals surface area contributed by atoms with Gasteiger partial charge in [0.2, 0.25) is 0 Å². The highest BCUT2D eigenvalue weighted by Gasteiger charge is 2.30. The molecule has 0 saturated carbocycles. The molecule has 0 aliphatic carbocycles. The van der Waals surface area contributed by atoms with Crippen molar-refractivity contribution < 1.29 is 23.0 Å². The summed E-state index contributed by atoms with van der Waals surface area (Å²) in [6.07, 6.45) is -4.72. The van der Waals surface area contributed by atoms with Crippen molar-refractivity contribution in [3.63, 3.8) is 0 Å². The summed E-state index contributed by atoms with van der Waals surface area (Å²) >= 11 is 0. The van der Waals surface area contributed by atoms with Crippen LogP contribution in [0, 0.1) is 0 Å². The Bertz CT molecular complexity index is 579. The van der Waals surface area contributed by atoms with Crippen molar-refractivity contribution in [1.29, 1.82) is 0 Å². The number of anilines is 1. The van der Waals surface area contributed by atoms with Crippen molar-refractivity contribution in [3.8, 4) is 22.6 Å². The molecule has 0 saturated heterocycles. The van der Waals surface area contributed by atoms with Gasteiger partial charge in [-0.25, -0.2) is 0 Å². The molecule has 0 aliphatic heterocycles. The van der Waals surface area contributed by atoms with E-state index in [-0.39, 0.29) is 11.5 Å². The Kier molecular flexibility index (Phi) is 3.25. The van der Waals surface area contributed by atoms with E-state index in [1.807, 2.05) is 0 Å². The summed E-state index contributed by atoms with van der Waals surface area (Å²) < 4.78 is 39.8. The second kappa shape index (κ2) is 4.72. The summed E-state index contributed by atoms with van der Waals surface area (Å²) in [7, 11) is 0. The van der Waals surface area contributed by atoms with E-state index in [9.17, 15) is 18.3 Å². The van der Waals surface area contributed by atoms with Crippen LogP contribution >= 0.6 is 0 Å². The SMILES string of the molecule is Nc1ccc(O)c(-c2ccc(OC(F)(F)F)cc2)c1. The van der Waals surface area contributed by atoms with Gasteiger partial charge >= 0.3 is 6.36 Å². The predicted octanol–water partition coefficient (Wildman–Crippen LogP) is 3.54. The van der Waals surface area contributed by atoms with Gasteiger partial charge in [-0.2, -0.15) is 0 Å². The maximum Gasteiger partial charge on any atom is 0.573 e. The van der Waals surface area contributed by atoms with Crippen LogP contribution in [0.2, 0.25) is 0 Å². The fraction of sp³-hybridized carbons (Fsp3) is 0.0769. The van der Waals surface area contributed by atoms with Crippen LogP contribution in [0.1, 0.15) is 0 Å². The highest BCUT2D eigenvalue weighted by atomic mass is 19.4. The van der Waals surface area contributed by atoms with Crippen molar-refractivity contribution >= 4 is 5.69 Å². The molecule has 100 valence electrons. The smallest absolute Gasteiger partial charge is 0.507 e. The number of nitrogen functional groups attached to an aromatic ring is 1. The van der Waals surface area contributed by atoms with Gasteiger partial charge in [-0.3, -0.25) is 0 Å². The first-order valence-corrected chi connectivity index (χ1v) is 5.30. The number of halogens is 3. The minimum absolute atomic E-state index is 0.00121. The molecule has 6 heteroatoms. The zero-order chi connectivity index (χ0) is 14.0. The van der Waals surface area contributed by atoms with Crippen LogP contribution in [0.3, 0.4) is 0 Å². The zero-order valence-corrected chi connectivity index (χ0v) is 9.61. The van der Waals surface area contributed by atoms with Gasteiger partial charge in [0.15, 0.2) is 0 Å². The predicted molar refractivity (Wildman–Crippen MR) is 64.6 cm³/mol. The molecule has 0 atom stereocenters. The Labute approximate surface area is 107 Å². The van der Waals surface area contributed by atoms with Crippen LogP contribution in [0.15, 0.2) is 42.5 Å². The first kappa shape index (κ1) is 13.1. The lowest BCUT2D eigenvalue weighted by atomic mass is 10.0. The maximum absolute atomic E-state index is 12.0. The standard InChI is InChI=1S/C13H10F3NO2/c14-13(15,16)19-10-4-1-8(2-5-10)11-7-9(17)3-6-12(11)18/h1-7,18H,17H2. The Balaban J connectivity index is 2.30. The van der Waals surface area contributed by atoms with Crippen LogP contribution in [-0.4, -0.2) is 11.5 Å². The van der Waals surface area contributed by atoms with Crippen LogP contribution in [-0.2, 0) is 0 Å². The first-order valence-electron chi connectivity index (χ1n) is 5.30. The quantitative estimate of drug-likeness (QED) is 0.647. The van der Waals surface area contributed by atoms with Crippen LogP contribution < -0.4 is 10.5 Å². The number of hydrogen-bond donors (Lipinski definition) is 2. The van der Waals surface area contributed by atoms with Crippen molar-refractivity contribution in [2.24, 2.45) is 0 Å². The van der Waals surface area contributed by atoms with E-state index < -0.39 is 6.36 Å². The third-order valence-corrected chi connectivity index (χ3v) is 2.42. The second-order valence-corrected chi connectivity index (χ2v) is 3.85. The lowest BCUT2D eigenvalue weighted by molar-refractivity contribution is -0.274. The van der Waals surface area contributed by atoms with Crippen LogP contribution in [0.5, 0.6) is 11.5 Å². The Morgan fingerprint density at radius 2 is 1.63 bits per heavy atom. The van der Waals surface area contributed by atoms with Gasteiger partial charge in [0.1, 0.15) is 11.5 Å². The lowest BCUT2D eigenvalue weighted by Gasteiger charge is -2.10. The zero-order valence-electron chi connectivity index (χ0n) is 9.61. The third kappa shape index (κ3) is 3.31. The van der Waals surface area contributed by atoms with Crippen molar-refractivity contribution in [2.75, 3.05) is 5.73 Å². The average Bonchev–Trinajstić information content (AvgIpc) is 2.31. The number of ether oxygens (including phenoxy) is 1. The molecule has 0 unspecified atom stereocenters. The Morgan fingerprint density at radius 3 is 2.21 bits per heavy atom. The largest absolute Gasteiger partial charge is 0.573 e. The van der Waals surface area contributed by atoms with Gasteiger partial charge in [-0.15, -0.1) is 13.2 Å². The number of alkyl halides is 3. The van der Waals surface area contributed by atoms with E-state index in [4.69, 9.17) is 5.73 Å². The first-order chi connectivity index (χ1) is 8.85. The number of aromatic hydroxyl groups is 1. The normalized spacial score (nSPS) is 11.3. The second-order valence-electron chi connectivity index (χ2n) is 3.85. The molecule has 19 heavy (non-hydrogen) atoms. The van der Waals surface area contributed by atoms with Crippen molar-refractivity contribution in [3.05, 3.63) is 42.5 Å². The molecular formula is C13H10F3NO2. The molecule has 2 aromatic rings. The number of phenolic OH excluding ortho intramolecular Hbond substituents is 1. The molecule has 0 fully saturated rings. The van der Waals surface area contributed by atoms with E-state index in [1.54, 1.807) is 0 Å². The molecule has 0 aromatic heterocycles. The Hall–Kier alpha value is -2.37. The molecule has 0 radical (unpaired) electrons. The number of nitrogens with two attached hydrogens (primary N) is 1. The van der Waals surface area contributed by atoms with E-state index >= 15 is 0 Å². The minimum Gasteiger partial charge on any atom is -0.507 e. The summed E-state index contributed by atoms with van der Waals surface area (Å²) in [6, 6.07) is 9.65. The molecule has 3 nitrogen and oxygen atoms in total. The molecule has 0 bridgehead atoms. The summed E-state index contributed by atoms with van der Waals surface area (Å²) in [5.41, 5.74) is 7.03. The topological polar surface area (TPSA) is 55.5 Å². The van der Waals surface area contributed by atoms with E-state index in [1.165, 1.54) is 42.5 Å². The van der Waals surface area contributed by atoms with Gasteiger partial charge < -0.3 is 15.6 Å². The molecule has 3 N–H and O–H groups in total. The lowest BCUT2D eigenvalue weighted by Crippen LogP contribution is -2.16. The van der Waals surface area contributed by atoms with Gasteiger partial charge in [0.05, 0.1) is 0 Å². The molecule has 2 aromatic carbocycles. The molecule has 0 aliphatic rings. The van der Waals surface area contributed by atoms with E-state index in [2.05, 4.69) is 4.74 Å². The number of benzene rings is 2. The van der Waals surface area contributed by atoms with Gasteiger partial charge in [0.25, 0.3) is 0 Å². The highest BCUT2D eigenvalue weighted by Crippen LogP contribution is 2.32. The maximum atomic E-state index is 12.0. The van der Waals surface area contributed by atoms with E-state index in [0.29, 0.717) is 16.8 Å². The van der Waals surface area contributed by atoms with Gasteiger partial charge in [-0.05, 0) is 35.9 Å². The van der Waals surface area contributed by atoms with Crippen molar-refractivity contribution in [1.82, 2.24) is 0 Å².